The minimum atomic E-state index is -0.119. The molecule has 1 amide bonds. The lowest BCUT2D eigenvalue weighted by atomic mass is 10.3. The van der Waals surface area contributed by atoms with Crippen LogP contribution in [0.2, 0.25) is 0 Å². The van der Waals surface area contributed by atoms with Crippen LogP contribution in [-0.4, -0.2) is 52.6 Å². The molecule has 0 radical (unpaired) electrons. The molecule has 3 N–H and O–H groups in total. The van der Waals surface area contributed by atoms with Gasteiger partial charge in [-0.1, -0.05) is 0 Å². The van der Waals surface area contributed by atoms with Crippen molar-refractivity contribution in [2.45, 2.75) is 38.4 Å². The average Bonchev–Trinajstić information content (AvgIpc) is 3.15. The quantitative estimate of drug-likeness (QED) is 0.730. The van der Waals surface area contributed by atoms with Gasteiger partial charge in [-0.25, -0.2) is 4.98 Å². The van der Waals surface area contributed by atoms with Crippen molar-refractivity contribution >= 4 is 5.91 Å². The number of nitrogens with one attached hydrogen (secondary N) is 1. The van der Waals surface area contributed by atoms with Gasteiger partial charge < -0.3 is 15.6 Å². The molecule has 1 unspecified atom stereocenters. The third-order valence-corrected chi connectivity index (χ3v) is 3.63. The van der Waals surface area contributed by atoms with E-state index < -0.39 is 0 Å². The first-order valence-electron chi connectivity index (χ1n) is 6.83. The molecule has 106 valence electrons. The number of hydrogen-bond acceptors (Lipinski definition) is 4. The van der Waals surface area contributed by atoms with E-state index in [1.807, 2.05) is 4.57 Å². The molecule has 0 saturated heterocycles. The molecule has 6 heteroatoms. The second-order valence-electron chi connectivity index (χ2n) is 5.24. The third-order valence-electron chi connectivity index (χ3n) is 3.63. The zero-order chi connectivity index (χ0) is 13.8. The van der Waals surface area contributed by atoms with Crippen LogP contribution in [0.15, 0.2) is 12.5 Å². The number of carbonyl (C=O) groups excluding carboxylic acids is 1. The highest BCUT2D eigenvalue weighted by Gasteiger charge is 2.29. The molecule has 0 bridgehead atoms. The molecule has 19 heavy (non-hydrogen) atoms. The van der Waals surface area contributed by atoms with E-state index in [9.17, 15) is 4.79 Å². The number of likely N-dealkylation sites (N-methyl/N-ethyl adjacent to an activating group) is 1. The standard InChI is InChI=1S/C13H23N5O/c1-10(17(2)11-3-4-11)7-15-13(19)12-8-18(6-5-14)9-16-12/h8-11H,3-7,14H2,1-2H3,(H,15,19). The SMILES string of the molecule is CC(CNC(=O)c1cn(CCN)cn1)N(C)C1CC1. The van der Waals surface area contributed by atoms with Crippen LogP contribution in [-0.2, 0) is 6.54 Å². The Hall–Kier alpha value is -1.40. The van der Waals surface area contributed by atoms with Gasteiger partial charge in [0, 0.05) is 37.9 Å². The number of rotatable bonds is 7. The molecule has 0 spiro atoms. The van der Waals surface area contributed by atoms with Crippen LogP contribution >= 0.6 is 0 Å². The lowest BCUT2D eigenvalue weighted by molar-refractivity contribution is 0.0935. The van der Waals surface area contributed by atoms with Gasteiger partial charge in [-0.05, 0) is 26.8 Å². The van der Waals surface area contributed by atoms with Gasteiger partial charge in [0.1, 0.15) is 5.69 Å². The fourth-order valence-electron chi connectivity index (χ4n) is 2.07. The van der Waals surface area contributed by atoms with Gasteiger partial charge in [0.15, 0.2) is 0 Å². The van der Waals surface area contributed by atoms with Crippen LogP contribution in [0.3, 0.4) is 0 Å². The summed E-state index contributed by atoms with van der Waals surface area (Å²) >= 11 is 0. The Morgan fingerprint density at radius 3 is 3.05 bits per heavy atom. The summed E-state index contributed by atoms with van der Waals surface area (Å²) in [6.07, 6.45) is 5.93. The molecule has 1 aliphatic rings. The Kier molecular flexibility index (Phi) is 4.55. The first kappa shape index (κ1) is 14.0. The summed E-state index contributed by atoms with van der Waals surface area (Å²) in [5.74, 6) is -0.119. The van der Waals surface area contributed by atoms with E-state index >= 15 is 0 Å². The maximum Gasteiger partial charge on any atom is 0.271 e. The third kappa shape index (κ3) is 3.78. The van der Waals surface area contributed by atoms with Crippen molar-refractivity contribution in [1.29, 1.82) is 0 Å². The van der Waals surface area contributed by atoms with Crippen LogP contribution in [0.5, 0.6) is 0 Å². The Morgan fingerprint density at radius 1 is 1.68 bits per heavy atom. The fraction of sp³-hybridized carbons (Fsp3) is 0.692. The van der Waals surface area contributed by atoms with E-state index in [1.165, 1.54) is 12.8 Å². The molecule has 1 atom stereocenters. The predicted octanol–water partition coefficient (Wildman–Crippen LogP) is 0.0543. The first-order valence-corrected chi connectivity index (χ1v) is 6.83. The van der Waals surface area contributed by atoms with Crippen molar-refractivity contribution in [1.82, 2.24) is 19.8 Å². The van der Waals surface area contributed by atoms with Crippen molar-refractivity contribution in [3.05, 3.63) is 18.2 Å². The molecule has 1 aromatic rings. The minimum absolute atomic E-state index is 0.119. The summed E-state index contributed by atoms with van der Waals surface area (Å²) in [6, 6.07) is 1.05. The molecule has 1 fully saturated rings. The second kappa shape index (κ2) is 6.16. The summed E-state index contributed by atoms with van der Waals surface area (Å²) in [5, 5.41) is 2.93. The predicted molar refractivity (Wildman–Crippen MR) is 73.9 cm³/mol. The normalized spacial score (nSPS) is 16.6. The lowest BCUT2D eigenvalue weighted by Crippen LogP contribution is -2.41. The van der Waals surface area contributed by atoms with Crippen molar-refractivity contribution in [2.24, 2.45) is 5.73 Å². The molecule has 1 aliphatic carbocycles. The van der Waals surface area contributed by atoms with E-state index in [-0.39, 0.29) is 5.91 Å². The zero-order valence-corrected chi connectivity index (χ0v) is 11.7. The summed E-state index contributed by atoms with van der Waals surface area (Å²) in [6.45, 7) is 4.00. The largest absolute Gasteiger partial charge is 0.349 e. The molecule has 2 rings (SSSR count). The van der Waals surface area contributed by atoms with Gasteiger partial charge >= 0.3 is 0 Å². The first-order chi connectivity index (χ1) is 9.11. The Bertz CT molecular complexity index is 426. The smallest absolute Gasteiger partial charge is 0.271 e. The summed E-state index contributed by atoms with van der Waals surface area (Å²) in [4.78, 5) is 18.4. The van der Waals surface area contributed by atoms with Crippen molar-refractivity contribution in [3.63, 3.8) is 0 Å². The number of imidazole rings is 1. The Balaban J connectivity index is 1.79. The molecule has 1 aromatic heterocycles. The van der Waals surface area contributed by atoms with Gasteiger partial charge in [-0.15, -0.1) is 0 Å². The van der Waals surface area contributed by atoms with Gasteiger partial charge in [0.05, 0.1) is 6.33 Å². The van der Waals surface area contributed by atoms with Gasteiger partial charge in [0.2, 0.25) is 0 Å². The molecule has 1 saturated carbocycles. The molecule has 0 aliphatic heterocycles. The summed E-state index contributed by atoms with van der Waals surface area (Å²) < 4.78 is 1.83. The number of nitrogens with two attached hydrogens (primary N) is 1. The Morgan fingerprint density at radius 2 is 2.42 bits per heavy atom. The van der Waals surface area contributed by atoms with Crippen LogP contribution in [0.4, 0.5) is 0 Å². The lowest BCUT2D eigenvalue weighted by Gasteiger charge is -2.24. The highest BCUT2D eigenvalue weighted by molar-refractivity contribution is 5.92. The van der Waals surface area contributed by atoms with Gasteiger partial charge in [0.25, 0.3) is 5.91 Å². The highest BCUT2D eigenvalue weighted by Crippen LogP contribution is 2.26. The van der Waals surface area contributed by atoms with E-state index in [0.717, 1.165) is 0 Å². The van der Waals surface area contributed by atoms with Crippen molar-refractivity contribution < 1.29 is 4.79 Å². The zero-order valence-electron chi connectivity index (χ0n) is 11.7. The average molecular weight is 265 g/mol. The summed E-state index contributed by atoms with van der Waals surface area (Å²) in [7, 11) is 2.12. The van der Waals surface area contributed by atoms with Crippen molar-refractivity contribution in [3.8, 4) is 0 Å². The number of aromatic nitrogens is 2. The monoisotopic (exact) mass is 265 g/mol. The topological polar surface area (TPSA) is 76.2 Å². The van der Waals surface area contributed by atoms with E-state index in [4.69, 9.17) is 5.73 Å². The minimum Gasteiger partial charge on any atom is -0.349 e. The van der Waals surface area contributed by atoms with Crippen LogP contribution in [0.25, 0.3) is 0 Å². The van der Waals surface area contributed by atoms with E-state index in [2.05, 4.69) is 29.2 Å². The number of nitrogens with zero attached hydrogens (tertiary/aromatic N) is 3. The van der Waals surface area contributed by atoms with Crippen LogP contribution < -0.4 is 11.1 Å². The molecule has 0 aromatic carbocycles. The molecule has 6 nitrogen and oxygen atoms in total. The van der Waals surface area contributed by atoms with Gasteiger partial charge in [-0.3, -0.25) is 9.69 Å². The number of carbonyl (C=O) groups is 1. The van der Waals surface area contributed by atoms with E-state index in [1.54, 1.807) is 12.5 Å². The molecular formula is C13H23N5O. The van der Waals surface area contributed by atoms with Crippen LogP contribution in [0, 0.1) is 0 Å². The molecule has 1 heterocycles. The molecular weight excluding hydrogens is 242 g/mol. The second-order valence-corrected chi connectivity index (χ2v) is 5.24. The fourth-order valence-corrected chi connectivity index (χ4v) is 2.07. The number of amides is 1. The van der Waals surface area contributed by atoms with E-state index in [0.29, 0.717) is 37.4 Å². The van der Waals surface area contributed by atoms with Crippen molar-refractivity contribution in [2.75, 3.05) is 20.1 Å². The summed E-state index contributed by atoms with van der Waals surface area (Å²) in [5.41, 5.74) is 5.91. The maximum absolute atomic E-state index is 11.9. The number of hydrogen-bond donors (Lipinski definition) is 2. The van der Waals surface area contributed by atoms with Crippen LogP contribution in [0.1, 0.15) is 30.3 Å². The van der Waals surface area contributed by atoms with Gasteiger partial charge in [-0.2, -0.15) is 0 Å². The highest BCUT2D eigenvalue weighted by atomic mass is 16.1. The Labute approximate surface area is 114 Å². The maximum atomic E-state index is 11.9.